The molecular weight excluding hydrogens is 304 g/mol. The molecule has 1 atom stereocenters. The second kappa shape index (κ2) is 6.74. The first-order valence-corrected chi connectivity index (χ1v) is 7.91. The summed E-state index contributed by atoms with van der Waals surface area (Å²) >= 11 is 0. The van der Waals surface area contributed by atoms with Gasteiger partial charge in [-0.25, -0.2) is 0 Å². The lowest BCUT2D eigenvalue weighted by Gasteiger charge is -2.26. The topological polar surface area (TPSA) is 58.6 Å². The maximum atomic E-state index is 12.3. The van der Waals surface area contributed by atoms with Crippen LogP contribution in [0.15, 0.2) is 48.5 Å². The molecule has 5 heteroatoms. The first-order chi connectivity index (χ1) is 11.5. The number of ether oxygens (including phenoxy) is 1. The van der Waals surface area contributed by atoms with E-state index in [-0.39, 0.29) is 30.9 Å². The van der Waals surface area contributed by atoms with Gasteiger partial charge in [0, 0.05) is 7.05 Å². The molecule has 1 heterocycles. The standard InChI is InChI=1S/C19H20N2O3/c1-13(15-6-4-3-5-7-15)20-18(22)11-14-8-9-17-16(10-14)21(2)19(23)12-24-17/h3-10,13H,11-12H2,1-2H3,(H,20,22). The van der Waals surface area contributed by atoms with Gasteiger partial charge < -0.3 is 15.0 Å². The summed E-state index contributed by atoms with van der Waals surface area (Å²) in [7, 11) is 1.71. The molecule has 0 aliphatic carbocycles. The van der Waals surface area contributed by atoms with Gasteiger partial charge in [-0.05, 0) is 30.2 Å². The van der Waals surface area contributed by atoms with Crippen molar-refractivity contribution in [1.29, 1.82) is 0 Å². The summed E-state index contributed by atoms with van der Waals surface area (Å²) in [6.45, 7) is 2.01. The number of hydrogen-bond donors (Lipinski definition) is 1. The largest absolute Gasteiger partial charge is 0.482 e. The predicted octanol–water partition coefficient (Wildman–Crippen LogP) is 2.46. The van der Waals surface area contributed by atoms with E-state index in [2.05, 4.69) is 5.32 Å². The monoisotopic (exact) mass is 324 g/mol. The fraction of sp³-hybridized carbons (Fsp3) is 0.263. The number of likely N-dealkylation sites (N-methyl/N-ethyl adjacent to an activating group) is 1. The van der Waals surface area contributed by atoms with Crippen molar-refractivity contribution in [3.8, 4) is 5.75 Å². The molecule has 0 fully saturated rings. The van der Waals surface area contributed by atoms with Gasteiger partial charge >= 0.3 is 0 Å². The zero-order valence-corrected chi connectivity index (χ0v) is 13.8. The number of rotatable bonds is 4. The van der Waals surface area contributed by atoms with Crippen LogP contribution in [-0.2, 0) is 16.0 Å². The number of benzene rings is 2. The summed E-state index contributed by atoms with van der Waals surface area (Å²) in [5.41, 5.74) is 2.61. The Bertz CT molecular complexity index is 758. The van der Waals surface area contributed by atoms with Crippen LogP contribution in [0, 0.1) is 0 Å². The number of amides is 2. The Hall–Kier alpha value is -2.82. The highest BCUT2D eigenvalue weighted by molar-refractivity contribution is 5.97. The van der Waals surface area contributed by atoms with Gasteiger partial charge in [-0.3, -0.25) is 9.59 Å². The van der Waals surface area contributed by atoms with Gasteiger partial charge in [-0.15, -0.1) is 0 Å². The van der Waals surface area contributed by atoms with Gasteiger partial charge in [0.25, 0.3) is 5.91 Å². The first-order valence-electron chi connectivity index (χ1n) is 7.91. The number of fused-ring (bicyclic) bond motifs is 1. The van der Waals surface area contributed by atoms with E-state index in [4.69, 9.17) is 4.74 Å². The van der Waals surface area contributed by atoms with E-state index in [9.17, 15) is 9.59 Å². The van der Waals surface area contributed by atoms with Crippen molar-refractivity contribution in [2.45, 2.75) is 19.4 Å². The highest BCUT2D eigenvalue weighted by Crippen LogP contribution is 2.32. The van der Waals surface area contributed by atoms with Crippen molar-refractivity contribution < 1.29 is 14.3 Å². The maximum Gasteiger partial charge on any atom is 0.264 e. The molecule has 2 aromatic carbocycles. The molecule has 2 aromatic rings. The van der Waals surface area contributed by atoms with Gasteiger partial charge in [0.15, 0.2) is 6.61 Å². The van der Waals surface area contributed by atoms with Crippen LogP contribution in [0.4, 0.5) is 5.69 Å². The van der Waals surface area contributed by atoms with Crippen LogP contribution in [0.25, 0.3) is 0 Å². The third-order valence-corrected chi connectivity index (χ3v) is 4.15. The number of carbonyl (C=O) groups excluding carboxylic acids is 2. The third kappa shape index (κ3) is 3.40. The summed E-state index contributed by atoms with van der Waals surface area (Å²) in [5, 5.41) is 2.99. The van der Waals surface area contributed by atoms with Crippen LogP contribution in [-0.4, -0.2) is 25.5 Å². The van der Waals surface area contributed by atoms with Crippen molar-refractivity contribution in [3.05, 3.63) is 59.7 Å². The molecule has 24 heavy (non-hydrogen) atoms. The van der Waals surface area contributed by atoms with E-state index in [0.29, 0.717) is 11.4 Å². The van der Waals surface area contributed by atoms with E-state index >= 15 is 0 Å². The zero-order chi connectivity index (χ0) is 17.1. The lowest BCUT2D eigenvalue weighted by Crippen LogP contribution is -2.35. The van der Waals surface area contributed by atoms with Crippen molar-refractivity contribution in [2.75, 3.05) is 18.6 Å². The van der Waals surface area contributed by atoms with Gasteiger partial charge in [0.2, 0.25) is 5.91 Å². The molecule has 0 radical (unpaired) electrons. The molecule has 0 aromatic heterocycles. The molecule has 1 aliphatic heterocycles. The Labute approximate surface area is 141 Å². The van der Waals surface area contributed by atoms with Crippen molar-refractivity contribution >= 4 is 17.5 Å². The molecule has 5 nitrogen and oxygen atoms in total. The molecule has 0 spiro atoms. The number of nitrogens with zero attached hydrogens (tertiary/aromatic N) is 1. The van der Waals surface area contributed by atoms with Crippen molar-refractivity contribution in [2.24, 2.45) is 0 Å². The Balaban J connectivity index is 1.68. The van der Waals surface area contributed by atoms with Crippen LogP contribution < -0.4 is 15.0 Å². The fourth-order valence-corrected chi connectivity index (χ4v) is 2.73. The Morgan fingerprint density at radius 3 is 2.75 bits per heavy atom. The van der Waals surface area contributed by atoms with Crippen LogP contribution in [0.3, 0.4) is 0 Å². The molecule has 124 valence electrons. The second-order valence-corrected chi connectivity index (χ2v) is 5.92. The van der Waals surface area contributed by atoms with Gasteiger partial charge in [-0.1, -0.05) is 36.4 Å². The predicted molar refractivity (Wildman–Crippen MR) is 92.1 cm³/mol. The summed E-state index contributed by atoms with van der Waals surface area (Å²) < 4.78 is 5.40. The SMILES string of the molecule is CC(NC(=O)Cc1ccc2c(c1)N(C)C(=O)CO2)c1ccccc1. The minimum Gasteiger partial charge on any atom is -0.482 e. The molecular formula is C19H20N2O3. The van der Waals surface area contributed by atoms with Crippen LogP contribution >= 0.6 is 0 Å². The lowest BCUT2D eigenvalue weighted by atomic mass is 10.1. The molecule has 0 saturated heterocycles. The molecule has 1 aliphatic rings. The smallest absolute Gasteiger partial charge is 0.264 e. The van der Waals surface area contributed by atoms with Crippen LogP contribution in [0.2, 0.25) is 0 Å². The highest BCUT2D eigenvalue weighted by Gasteiger charge is 2.22. The number of hydrogen-bond acceptors (Lipinski definition) is 3. The van der Waals surface area contributed by atoms with E-state index in [1.807, 2.05) is 55.5 Å². The number of nitrogens with one attached hydrogen (secondary N) is 1. The average Bonchev–Trinajstić information content (AvgIpc) is 2.59. The molecule has 0 saturated carbocycles. The summed E-state index contributed by atoms with van der Waals surface area (Å²) in [5.74, 6) is 0.512. The van der Waals surface area contributed by atoms with Crippen LogP contribution in [0.1, 0.15) is 24.1 Å². The molecule has 1 unspecified atom stereocenters. The maximum absolute atomic E-state index is 12.3. The normalized spacial score (nSPS) is 14.6. The quantitative estimate of drug-likeness (QED) is 0.940. The Morgan fingerprint density at radius 1 is 1.25 bits per heavy atom. The zero-order valence-electron chi connectivity index (χ0n) is 13.8. The fourth-order valence-electron chi connectivity index (χ4n) is 2.73. The average molecular weight is 324 g/mol. The second-order valence-electron chi connectivity index (χ2n) is 5.92. The first kappa shape index (κ1) is 16.1. The van der Waals surface area contributed by atoms with Crippen LogP contribution in [0.5, 0.6) is 5.75 Å². The minimum atomic E-state index is -0.0956. The number of carbonyl (C=O) groups is 2. The highest BCUT2D eigenvalue weighted by atomic mass is 16.5. The van der Waals surface area contributed by atoms with Crippen molar-refractivity contribution in [1.82, 2.24) is 5.32 Å². The molecule has 2 amide bonds. The van der Waals surface area contributed by atoms with Gasteiger partial charge in [-0.2, -0.15) is 0 Å². The molecule has 1 N–H and O–H groups in total. The summed E-state index contributed by atoms with van der Waals surface area (Å²) in [6.07, 6.45) is 0.256. The Morgan fingerprint density at radius 2 is 2.00 bits per heavy atom. The van der Waals surface area contributed by atoms with E-state index in [1.54, 1.807) is 11.9 Å². The lowest BCUT2D eigenvalue weighted by molar-refractivity contribution is -0.121. The van der Waals surface area contributed by atoms with E-state index in [0.717, 1.165) is 11.1 Å². The van der Waals surface area contributed by atoms with E-state index < -0.39 is 0 Å². The molecule has 3 rings (SSSR count). The molecule has 0 bridgehead atoms. The summed E-state index contributed by atoms with van der Waals surface area (Å²) in [6, 6.07) is 15.3. The summed E-state index contributed by atoms with van der Waals surface area (Å²) in [4.78, 5) is 25.6. The van der Waals surface area contributed by atoms with Crippen molar-refractivity contribution in [3.63, 3.8) is 0 Å². The number of anilines is 1. The van der Waals surface area contributed by atoms with Gasteiger partial charge in [0.05, 0.1) is 18.2 Å². The van der Waals surface area contributed by atoms with Gasteiger partial charge in [0.1, 0.15) is 5.75 Å². The third-order valence-electron chi connectivity index (χ3n) is 4.15. The Kier molecular flexibility index (Phi) is 4.51. The van der Waals surface area contributed by atoms with E-state index in [1.165, 1.54) is 0 Å². The minimum absolute atomic E-state index is 0.0519.